The molecule has 0 bridgehead atoms. The van der Waals surface area contributed by atoms with Crippen molar-refractivity contribution >= 4 is 15.9 Å². The number of carbonyl (C=O) groups is 1. The third-order valence-electron chi connectivity index (χ3n) is 3.49. The van der Waals surface area contributed by atoms with Crippen molar-refractivity contribution in [2.75, 3.05) is 13.6 Å². The summed E-state index contributed by atoms with van der Waals surface area (Å²) < 4.78 is 31.3. The highest BCUT2D eigenvalue weighted by Gasteiger charge is 2.22. The highest BCUT2D eigenvalue weighted by molar-refractivity contribution is 7.89. The predicted molar refractivity (Wildman–Crippen MR) is 98.1 cm³/mol. The summed E-state index contributed by atoms with van der Waals surface area (Å²) >= 11 is 0. The van der Waals surface area contributed by atoms with Gasteiger partial charge in [-0.2, -0.15) is 4.31 Å². The highest BCUT2D eigenvalue weighted by atomic mass is 32.2. The van der Waals surface area contributed by atoms with Crippen LogP contribution in [-0.2, 0) is 21.4 Å². The number of nitrogens with one attached hydrogen (secondary N) is 1. The van der Waals surface area contributed by atoms with E-state index in [0.717, 1.165) is 15.6 Å². The van der Waals surface area contributed by atoms with Crippen molar-refractivity contribution in [2.24, 2.45) is 0 Å². The molecule has 0 atom stereocenters. The SMILES string of the molecule is CC(C)Oc1ccc(CNC(=O)CN(C)S(=O)(=O)c2cccnc2)cc1. The lowest BCUT2D eigenvalue weighted by atomic mass is 10.2. The fourth-order valence-corrected chi connectivity index (χ4v) is 3.27. The van der Waals surface area contributed by atoms with Crippen LogP contribution in [0, 0.1) is 0 Å². The van der Waals surface area contributed by atoms with E-state index in [0.29, 0.717) is 6.54 Å². The van der Waals surface area contributed by atoms with Crippen molar-refractivity contribution in [3.8, 4) is 5.75 Å². The molecule has 8 heteroatoms. The van der Waals surface area contributed by atoms with Gasteiger partial charge in [0.05, 0.1) is 12.6 Å². The second-order valence-electron chi connectivity index (χ2n) is 6.04. The van der Waals surface area contributed by atoms with E-state index < -0.39 is 10.0 Å². The predicted octanol–water partition coefficient (Wildman–Crippen LogP) is 1.81. The van der Waals surface area contributed by atoms with Gasteiger partial charge in [0.15, 0.2) is 0 Å². The molecule has 0 aliphatic rings. The molecular weight excluding hydrogens is 354 g/mol. The number of benzene rings is 1. The number of amides is 1. The molecule has 2 aromatic rings. The molecule has 2 rings (SSSR count). The molecule has 0 unspecified atom stereocenters. The van der Waals surface area contributed by atoms with E-state index in [2.05, 4.69) is 10.3 Å². The van der Waals surface area contributed by atoms with Gasteiger partial charge < -0.3 is 10.1 Å². The zero-order valence-corrected chi connectivity index (χ0v) is 15.9. The Hall–Kier alpha value is -2.45. The van der Waals surface area contributed by atoms with Gasteiger partial charge in [-0.05, 0) is 43.7 Å². The Morgan fingerprint density at radius 2 is 1.92 bits per heavy atom. The summed E-state index contributed by atoms with van der Waals surface area (Å²) in [6, 6.07) is 10.4. The van der Waals surface area contributed by atoms with Crippen LogP contribution in [0.1, 0.15) is 19.4 Å². The zero-order valence-electron chi connectivity index (χ0n) is 15.0. The Bertz CT molecular complexity index is 821. The number of nitrogens with zero attached hydrogens (tertiary/aromatic N) is 2. The summed E-state index contributed by atoms with van der Waals surface area (Å²) in [7, 11) is -2.38. The van der Waals surface area contributed by atoms with Gasteiger partial charge in [-0.15, -0.1) is 0 Å². The molecule has 0 spiro atoms. The first-order valence-corrected chi connectivity index (χ1v) is 9.61. The van der Waals surface area contributed by atoms with E-state index in [9.17, 15) is 13.2 Å². The van der Waals surface area contributed by atoms with Crippen LogP contribution < -0.4 is 10.1 Å². The summed E-state index contributed by atoms with van der Waals surface area (Å²) in [5.41, 5.74) is 0.896. The summed E-state index contributed by atoms with van der Waals surface area (Å²) in [6.45, 7) is 3.93. The molecule has 7 nitrogen and oxygen atoms in total. The van der Waals surface area contributed by atoms with Gasteiger partial charge in [-0.25, -0.2) is 8.42 Å². The number of carbonyl (C=O) groups excluding carboxylic acids is 1. The number of pyridine rings is 1. The molecule has 1 heterocycles. The van der Waals surface area contributed by atoms with E-state index in [-0.39, 0.29) is 23.5 Å². The molecular formula is C18H23N3O4S. The Kier molecular flexibility index (Phi) is 6.70. The first-order chi connectivity index (χ1) is 12.3. The molecule has 0 saturated carbocycles. The maximum atomic E-state index is 12.4. The zero-order chi connectivity index (χ0) is 19.2. The van der Waals surface area contributed by atoms with Gasteiger partial charge in [0.2, 0.25) is 15.9 Å². The van der Waals surface area contributed by atoms with E-state index >= 15 is 0 Å². The molecule has 26 heavy (non-hydrogen) atoms. The number of likely N-dealkylation sites (N-methyl/N-ethyl adjacent to an activating group) is 1. The fourth-order valence-electron chi connectivity index (χ4n) is 2.18. The van der Waals surface area contributed by atoms with Crippen LogP contribution in [0.4, 0.5) is 0 Å². The summed E-state index contributed by atoms with van der Waals surface area (Å²) in [4.78, 5) is 15.9. The summed E-state index contributed by atoms with van der Waals surface area (Å²) in [5, 5.41) is 2.71. The first kappa shape index (κ1) is 19.9. The largest absolute Gasteiger partial charge is 0.491 e. The standard InChI is InChI=1S/C18H23N3O4S/c1-14(2)25-16-8-6-15(7-9-16)11-20-18(22)13-21(3)26(23,24)17-5-4-10-19-12-17/h4-10,12,14H,11,13H2,1-3H3,(H,20,22). The summed E-state index contributed by atoms with van der Waals surface area (Å²) in [6.07, 6.45) is 2.84. The number of rotatable bonds is 8. The number of ether oxygens (including phenoxy) is 1. The van der Waals surface area contributed by atoms with Crippen LogP contribution in [0.3, 0.4) is 0 Å². The molecule has 0 fully saturated rings. The highest BCUT2D eigenvalue weighted by Crippen LogP contribution is 2.14. The minimum Gasteiger partial charge on any atom is -0.491 e. The van der Waals surface area contributed by atoms with Crippen molar-refractivity contribution in [3.63, 3.8) is 0 Å². The van der Waals surface area contributed by atoms with E-state index in [1.165, 1.54) is 31.6 Å². The second kappa shape index (κ2) is 8.77. The second-order valence-corrected chi connectivity index (χ2v) is 8.08. The topological polar surface area (TPSA) is 88.6 Å². The first-order valence-electron chi connectivity index (χ1n) is 8.17. The number of sulfonamides is 1. The van der Waals surface area contributed by atoms with Gasteiger partial charge in [-0.3, -0.25) is 9.78 Å². The third-order valence-corrected chi connectivity index (χ3v) is 5.28. The van der Waals surface area contributed by atoms with E-state index in [4.69, 9.17) is 4.74 Å². The monoisotopic (exact) mass is 377 g/mol. The molecule has 1 amide bonds. The average molecular weight is 377 g/mol. The van der Waals surface area contributed by atoms with Crippen LogP contribution in [-0.4, -0.2) is 43.3 Å². The van der Waals surface area contributed by atoms with Gasteiger partial charge in [0, 0.05) is 26.0 Å². The molecule has 140 valence electrons. The maximum absolute atomic E-state index is 12.4. The minimum atomic E-state index is -3.74. The van der Waals surface area contributed by atoms with E-state index in [1.807, 2.05) is 38.1 Å². The Labute approximate surface area is 154 Å². The Balaban J connectivity index is 1.88. The molecule has 1 aromatic carbocycles. The molecule has 0 aliphatic heterocycles. The van der Waals surface area contributed by atoms with Gasteiger partial charge >= 0.3 is 0 Å². The molecule has 1 aromatic heterocycles. The van der Waals surface area contributed by atoms with Crippen molar-refractivity contribution in [1.29, 1.82) is 0 Å². The van der Waals surface area contributed by atoms with Crippen LogP contribution in [0.5, 0.6) is 5.75 Å². The Morgan fingerprint density at radius 1 is 1.23 bits per heavy atom. The molecule has 0 radical (unpaired) electrons. The van der Waals surface area contributed by atoms with Crippen molar-refractivity contribution < 1.29 is 17.9 Å². The van der Waals surface area contributed by atoms with Crippen molar-refractivity contribution in [1.82, 2.24) is 14.6 Å². The number of aromatic nitrogens is 1. The lowest BCUT2D eigenvalue weighted by Crippen LogP contribution is -2.38. The fraction of sp³-hybridized carbons (Fsp3) is 0.333. The van der Waals surface area contributed by atoms with E-state index in [1.54, 1.807) is 0 Å². The molecule has 0 saturated heterocycles. The van der Waals surface area contributed by atoms with Gasteiger partial charge in [0.25, 0.3) is 0 Å². The molecule has 0 aliphatic carbocycles. The van der Waals surface area contributed by atoms with Crippen LogP contribution in [0.25, 0.3) is 0 Å². The van der Waals surface area contributed by atoms with Crippen LogP contribution in [0.15, 0.2) is 53.7 Å². The minimum absolute atomic E-state index is 0.0519. The van der Waals surface area contributed by atoms with Crippen molar-refractivity contribution in [2.45, 2.75) is 31.4 Å². The molecule has 1 N–H and O–H groups in total. The third kappa shape index (κ3) is 5.53. The summed E-state index contributed by atoms with van der Waals surface area (Å²) in [5.74, 6) is 0.375. The Morgan fingerprint density at radius 3 is 2.50 bits per heavy atom. The smallest absolute Gasteiger partial charge is 0.244 e. The van der Waals surface area contributed by atoms with Crippen LogP contribution in [0.2, 0.25) is 0 Å². The van der Waals surface area contributed by atoms with Gasteiger partial charge in [0.1, 0.15) is 10.6 Å². The number of hydrogen-bond donors (Lipinski definition) is 1. The normalized spacial score (nSPS) is 11.6. The quantitative estimate of drug-likeness (QED) is 0.758. The number of hydrogen-bond acceptors (Lipinski definition) is 5. The maximum Gasteiger partial charge on any atom is 0.244 e. The van der Waals surface area contributed by atoms with Gasteiger partial charge in [-0.1, -0.05) is 12.1 Å². The lowest BCUT2D eigenvalue weighted by molar-refractivity contribution is -0.121. The average Bonchev–Trinajstić information content (AvgIpc) is 2.61. The van der Waals surface area contributed by atoms with Crippen molar-refractivity contribution in [3.05, 3.63) is 54.4 Å². The lowest BCUT2D eigenvalue weighted by Gasteiger charge is -2.16. The van der Waals surface area contributed by atoms with Crippen LogP contribution >= 0.6 is 0 Å².